The monoisotopic (exact) mass is 389 g/mol. The SMILES string of the molecule is COC(=O)c1ccc(CN(C)C(=O)COc2ccccc2-c2ccccc2)cc1. The third-order valence-corrected chi connectivity index (χ3v) is 4.54. The number of esters is 1. The third kappa shape index (κ3) is 5.23. The highest BCUT2D eigenvalue weighted by molar-refractivity contribution is 5.89. The number of nitrogens with zero attached hydrogens (tertiary/aromatic N) is 1. The maximum Gasteiger partial charge on any atom is 0.337 e. The standard InChI is InChI=1S/C24H23NO4/c1-25(16-18-12-14-20(15-13-18)24(27)28-2)23(26)17-29-22-11-7-6-10-21(22)19-8-4-3-5-9-19/h3-15H,16-17H2,1-2H3. The maximum atomic E-state index is 12.5. The Kier molecular flexibility index (Phi) is 6.63. The van der Waals surface area contributed by atoms with Crippen LogP contribution >= 0.6 is 0 Å². The lowest BCUT2D eigenvalue weighted by atomic mass is 10.1. The number of hydrogen-bond acceptors (Lipinski definition) is 4. The van der Waals surface area contributed by atoms with Gasteiger partial charge in [-0.1, -0.05) is 60.7 Å². The van der Waals surface area contributed by atoms with Gasteiger partial charge < -0.3 is 14.4 Å². The molecule has 0 radical (unpaired) electrons. The molecular formula is C24H23NO4. The Morgan fingerprint density at radius 1 is 0.862 bits per heavy atom. The van der Waals surface area contributed by atoms with E-state index in [0.29, 0.717) is 17.9 Å². The number of carbonyl (C=O) groups excluding carboxylic acids is 2. The Bertz CT molecular complexity index is 968. The van der Waals surface area contributed by atoms with Crippen molar-refractivity contribution in [1.29, 1.82) is 0 Å². The molecule has 5 heteroatoms. The predicted octanol–water partition coefficient (Wildman–Crippen LogP) is 4.18. The summed E-state index contributed by atoms with van der Waals surface area (Å²) < 4.78 is 10.5. The molecule has 0 aliphatic carbocycles. The van der Waals surface area contributed by atoms with E-state index in [4.69, 9.17) is 9.47 Å². The van der Waals surface area contributed by atoms with Crippen molar-refractivity contribution in [3.8, 4) is 16.9 Å². The first-order valence-electron chi connectivity index (χ1n) is 9.27. The van der Waals surface area contributed by atoms with Gasteiger partial charge in [-0.3, -0.25) is 4.79 Å². The molecule has 3 aromatic rings. The highest BCUT2D eigenvalue weighted by Crippen LogP contribution is 2.29. The van der Waals surface area contributed by atoms with Gasteiger partial charge in [0.25, 0.3) is 5.91 Å². The van der Waals surface area contributed by atoms with Gasteiger partial charge in [0.05, 0.1) is 12.7 Å². The molecule has 0 saturated carbocycles. The Morgan fingerprint density at radius 3 is 2.21 bits per heavy atom. The molecule has 148 valence electrons. The first-order chi connectivity index (χ1) is 14.1. The lowest BCUT2D eigenvalue weighted by Gasteiger charge is -2.18. The van der Waals surface area contributed by atoms with Gasteiger partial charge in [0.1, 0.15) is 5.75 Å². The molecule has 0 spiro atoms. The molecule has 0 unspecified atom stereocenters. The lowest BCUT2D eigenvalue weighted by molar-refractivity contribution is -0.132. The van der Waals surface area contributed by atoms with Gasteiger partial charge in [-0.15, -0.1) is 0 Å². The summed E-state index contributed by atoms with van der Waals surface area (Å²) in [6.07, 6.45) is 0. The average Bonchev–Trinajstić information content (AvgIpc) is 2.78. The predicted molar refractivity (Wildman–Crippen MR) is 112 cm³/mol. The van der Waals surface area contributed by atoms with E-state index in [-0.39, 0.29) is 18.5 Å². The van der Waals surface area contributed by atoms with Crippen molar-refractivity contribution in [1.82, 2.24) is 4.90 Å². The van der Waals surface area contributed by atoms with Crippen molar-refractivity contribution in [2.24, 2.45) is 0 Å². The van der Waals surface area contributed by atoms with Crippen molar-refractivity contribution < 1.29 is 19.1 Å². The maximum absolute atomic E-state index is 12.5. The fourth-order valence-corrected chi connectivity index (χ4v) is 2.92. The van der Waals surface area contributed by atoms with E-state index >= 15 is 0 Å². The van der Waals surface area contributed by atoms with Crippen molar-refractivity contribution in [3.05, 3.63) is 90.0 Å². The van der Waals surface area contributed by atoms with Crippen LogP contribution in [0.25, 0.3) is 11.1 Å². The minimum atomic E-state index is -0.383. The summed E-state index contributed by atoms with van der Waals surface area (Å²) in [7, 11) is 3.07. The van der Waals surface area contributed by atoms with E-state index in [0.717, 1.165) is 16.7 Å². The van der Waals surface area contributed by atoms with Crippen LogP contribution in [-0.4, -0.2) is 37.5 Å². The summed E-state index contributed by atoms with van der Waals surface area (Å²) >= 11 is 0. The van der Waals surface area contributed by atoms with Gasteiger partial charge in [0, 0.05) is 19.2 Å². The minimum absolute atomic E-state index is 0.0550. The third-order valence-electron chi connectivity index (χ3n) is 4.54. The van der Waals surface area contributed by atoms with Crippen LogP contribution in [0.3, 0.4) is 0 Å². The first kappa shape index (κ1) is 20.1. The number of hydrogen-bond donors (Lipinski definition) is 0. The second-order valence-electron chi connectivity index (χ2n) is 6.59. The van der Waals surface area contributed by atoms with Crippen LogP contribution in [0.15, 0.2) is 78.9 Å². The minimum Gasteiger partial charge on any atom is -0.483 e. The van der Waals surface area contributed by atoms with Crippen LogP contribution in [0, 0.1) is 0 Å². The molecular weight excluding hydrogens is 366 g/mol. The summed E-state index contributed by atoms with van der Waals surface area (Å²) in [6, 6.07) is 24.6. The summed E-state index contributed by atoms with van der Waals surface area (Å²) in [5.74, 6) is 0.152. The second-order valence-corrected chi connectivity index (χ2v) is 6.59. The Balaban J connectivity index is 1.60. The highest BCUT2D eigenvalue weighted by Gasteiger charge is 2.13. The molecule has 0 bridgehead atoms. The highest BCUT2D eigenvalue weighted by atomic mass is 16.5. The van der Waals surface area contributed by atoms with E-state index in [1.54, 1.807) is 24.1 Å². The molecule has 5 nitrogen and oxygen atoms in total. The molecule has 0 aromatic heterocycles. The zero-order chi connectivity index (χ0) is 20.6. The van der Waals surface area contributed by atoms with E-state index < -0.39 is 0 Å². The number of ether oxygens (including phenoxy) is 2. The van der Waals surface area contributed by atoms with Crippen LogP contribution < -0.4 is 4.74 Å². The van der Waals surface area contributed by atoms with Crippen molar-refractivity contribution in [2.75, 3.05) is 20.8 Å². The Hall–Kier alpha value is -3.60. The van der Waals surface area contributed by atoms with E-state index in [2.05, 4.69) is 0 Å². The van der Waals surface area contributed by atoms with E-state index in [1.807, 2.05) is 66.7 Å². The number of methoxy groups -OCH3 is 1. The molecule has 29 heavy (non-hydrogen) atoms. The number of para-hydroxylation sites is 1. The number of likely N-dealkylation sites (N-methyl/N-ethyl adjacent to an activating group) is 1. The van der Waals surface area contributed by atoms with Crippen LogP contribution in [0.2, 0.25) is 0 Å². The first-order valence-corrected chi connectivity index (χ1v) is 9.27. The summed E-state index contributed by atoms with van der Waals surface area (Å²) in [5, 5.41) is 0. The van der Waals surface area contributed by atoms with Gasteiger partial charge in [-0.2, -0.15) is 0 Å². The van der Waals surface area contributed by atoms with Gasteiger partial charge in [0.2, 0.25) is 0 Å². The molecule has 1 amide bonds. The molecule has 0 saturated heterocycles. The van der Waals surface area contributed by atoms with Crippen LogP contribution in [-0.2, 0) is 16.1 Å². The summed E-state index contributed by atoms with van der Waals surface area (Å²) in [6.45, 7) is 0.366. The molecule has 0 N–H and O–H groups in total. The van der Waals surface area contributed by atoms with Crippen molar-refractivity contribution in [3.63, 3.8) is 0 Å². The average molecular weight is 389 g/mol. The fourth-order valence-electron chi connectivity index (χ4n) is 2.92. The quantitative estimate of drug-likeness (QED) is 0.569. The lowest BCUT2D eigenvalue weighted by Crippen LogP contribution is -2.31. The summed E-state index contributed by atoms with van der Waals surface area (Å²) in [4.78, 5) is 25.6. The van der Waals surface area contributed by atoms with Gasteiger partial charge in [-0.05, 0) is 29.3 Å². The largest absolute Gasteiger partial charge is 0.483 e. The molecule has 3 rings (SSSR count). The molecule has 0 atom stereocenters. The van der Waals surface area contributed by atoms with Crippen molar-refractivity contribution >= 4 is 11.9 Å². The molecule has 0 heterocycles. The van der Waals surface area contributed by atoms with Crippen LogP contribution in [0.1, 0.15) is 15.9 Å². The van der Waals surface area contributed by atoms with E-state index in [9.17, 15) is 9.59 Å². The summed E-state index contributed by atoms with van der Waals surface area (Å²) in [5.41, 5.74) is 3.38. The Labute approximate surface area is 170 Å². The zero-order valence-corrected chi connectivity index (χ0v) is 16.5. The van der Waals surface area contributed by atoms with Crippen LogP contribution in [0.5, 0.6) is 5.75 Å². The number of benzene rings is 3. The smallest absolute Gasteiger partial charge is 0.337 e. The molecule has 0 aliphatic rings. The van der Waals surface area contributed by atoms with Crippen molar-refractivity contribution in [2.45, 2.75) is 6.54 Å². The number of amides is 1. The van der Waals surface area contributed by atoms with Gasteiger partial charge >= 0.3 is 5.97 Å². The second kappa shape index (κ2) is 9.55. The fraction of sp³-hybridized carbons (Fsp3) is 0.167. The normalized spacial score (nSPS) is 10.3. The number of rotatable bonds is 7. The molecule has 3 aromatic carbocycles. The van der Waals surface area contributed by atoms with E-state index in [1.165, 1.54) is 7.11 Å². The zero-order valence-electron chi connectivity index (χ0n) is 16.5. The topological polar surface area (TPSA) is 55.8 Å². The Morgan fingerprint density at radius 2 is 1.52 bits per heavy atom. The number of carbonyl (C=O) groups is 2. The van der Waals surface area contributed by atoms with Gasteiger partial charge in [0.15, 0.2) is 6.61 Å². The van der Waals surface area contributed by atoms with Crippen LogP contribution in [0.4, 0.5) is 0 Å². The van der Waals surface area contributed by atoms with Gasteiger partial charge in [-0.25, -0.2) is 4.79 Å². The molecule has 0 aliphatic heterocycles. The molecule has 0 fully saturated rings.